The van der Waals surface area contributed by atoms with E-state index < -0.39 is 30.4 Å². The summed E-state index contributed by atoms with van der Waals surface area (Å²) in [4.78, 5) is 32.7. The topological polar surface area (TPSA) is 122 Å². The minimum absolute atomic E-state index is 0.139. The van der Waals surface area contributed by atoms with E-state index in [4.69, 9.17) is 10.8 Å². The lowest BCUT2D eigenvalue weighted by atomic mass is 10.1. The Kier molecular flexibility index (Phi) is 3.93. The monoisotopic (exact) mass is 243 g/mol. The van der Waals surface area contributed by atoms with Crippen LogP contribution in [0.5, 0.6) is 0 Å². The Morgan fingerprint density at radius 2 is 2.00 bits per heavy atom. The fraction of sp³-hybridized carbons (Fsp3) is 0.700. The van der Waals surface area contributed by atoms with Crippen LogP contribution in [0.4, 0.5) is 4.79 Å². The molecule has 1 saturated carbocycles. The Balaban J connectivity index is 2.35. The van der Waals surface area contributed by atoms with Gasteiger partial charge in [0.25, 0.3) is 0 Å². The summed E-state index contributed by atoms with van der Waals surface area (Å²) in [5.74, 6) is -2.05. The van der Waals surface area contributed by atoms with Gasteiger partial charge in [0, 0.05) is 6.54 Å². The number of amides is 3. The van der Waals surface area contributed by atoms with Gasteiger partial charge < -0.3 is 21.5 Å². The molecule has 0 unspecified atom stereocenters. The molecular weight excluding hydrogens is 226 g/mol. The number of hydrogen-bond acceptors (Lipinski definition) is 3. The third-order valence-corrected chi connectivity index (χ3v) is 2.79. The molecule has 7 nitrogen and oxygen atoms in total. The van der Waals surface area contributed by atoms with E-state index in [1.54, 1.807) is 0 Å². The van der Waals surface area contributed by atoms with Crippen LogP contribution in [-0.4, -0.2) is 35.6 Å². The van der Waals surface area contributed by atoms with Crippen molar-refractivity contribution in [3.05, 3.63) is 0 Å². The Bertz CT molecular complexity index is 338. The number of carboxylic acids is 1. The number of carboxylic acid groups (broad SMARTS) is 1. The maximum atomic E-state index is 11.4. The van der Waals surface area contributed by atoms with Gasteiger partial charge in [-0.05, 0) is 18.3 Å². The van der Waals surface area contributed by atoms with E-state index in [0.29, 0.717) is 6.54 Å². The smallest absolute Gasteiger partial charge is 0.326 e. The second-order valence-corrected chi connectivity index (χ2v) is 4.70. The first-order valence-electron chi connectivity index (χ1n) is 5.38. The SMILES string of the molecule is CC1(CNC(=O)N[C@H](CC(N)=O)C(=O)O)CC1. The molecule has 0 spiro atoms. The minimum Gasteiger partial charge on any atom is -0.480 e. The largest absolute Gasteiger partial charge is 0.480 e. The number of carbonyl (C=O) groups excluding carboxylic acids is 2. The van der Waals surface area contributed by atoms with Gasteiger partial charge in [-0.3, -0.25) is 4.79 Å². The van der Waals surface area contributed by atoms with Gasteiger partial charge in [-0.25, -0.2) is 9.59 Å². The quantitative estimate of drug-likeness (QED) is 0.498. The van der Waals surface area contributed by atoms with Gasteiger partial charge in [0.1, 0.15) is 6.04 Å². The molecule has 1 fully saturated rings. The maximum absolute atomic E-state index is 11.4. The molecule has 1 aliphatic rings. The zero-order valence-electron chi connectivity index (χ0n) is 9.66. The zero-order valence-corrected chi connectivity index (χ0v) is 9.66. The number of nitrogens with two attached hydrogens (primary N) is 1. The molecule has 17 heavy (non-hydrogen) atoms. The molecule has 0 aromatic heterocycles. The molecule has 1 rings (SSSR count). The third-order valence-electron chi connectivity index (χ3n) is 2.79. The van der Waals surface area contributed by atoms with Gasteiger partial charge in [-0.1, -0.05) is 6.92 Å². The second-order valence-electron chi connectivity index (χ2n) is 4.70. The Morgan fingerprint density at radius 1 is 1.41 bits per heavy atom. The molecule has 0 aliphatic heterocycles. The fourth-order valence-corrected chi connectivity index (χ4v) is 1.29. The van der Waals surface area contributed by atoms with E-state index in [9.17, 15) is 14.4 Å². The van der Waals surface area contributed by atoms with Crippen LogP contribution in [0.2, 0.25) is 0 Å². The molecule has 7 heteroatoms. The van der Waals surface area contributed by atoms with Crippen molar-refractivity contribution in [3.8, 4) is 0 Å². The molecule has 5 N–H and O–H groups in total. The van der Waals surface area contributed by atoms with Gasteiger partial charge in [0.15, 0.2) is 0 Å². The zero-order chi connectivity index (χ0) is 13.1. The molecule has 0 bridgehead atoms. The first kappa shape index (κ1) is 13.3. The number of hydrogen-bond donors (Lipinski definition) is 4. The summed E-state index contributed by atoms with van der Waals surface area (Å²) >= 11 is 0. The van der Waals surface area contributed by atoms with Gasteiger partial charge in [0.05, 0.1) is 6.42 Å². The highest BCUT2D eigenvalue weighted by atomic mass is 16.4. The highest BCUT2D eigenvalue weighted by molar-refractivity contribution is 5.87. The van der Waals surface area contributed by atoms with Crippen molar-refractivity contribution < 1.29 is 19.5 Å². The van der Waals surface area contributed by atoms with Gasteiger partial charge in [-0.15, -0.1) is 0 Å². The Labute approximate surface area is 98.7 Å². The van der Waals surface area contributed by atoms with Crippen molar-refractivity contribution in [2.45, 2.75) is 32.2 Å². The molecule has 1 atom stereocenters. The summed E-state index contributed by atoms with van der Waals surface area (Å²) in [6.45, 7) is 2.53. The van der Waals surface area contributed by atoms with Crippen LogP contribution in [-0.2, 0) is 9.59 Å². The summed E-state index contributed by atoms with van der Waals surface area (Å²) in [5.41, 5.74) is 5.02. The first-order chi connectivity index (χ1) is 7.82. The molecule has 0 heterocycles. The summed E-state index contributed by atoms with van der Waals surface area (Å²) in [7, 11) is 0. The Morgan fingerprint density at radius 3 is 2.41 bits per heavy atom. The molecule has 3 amide bonds. The van der Waals surface area contributed by atoms with Crippen LogP contribution < -0.4 is 16.4 Å². The highest BCUT2D eigenvalue weighted by Crippen LogP contribution is 2.43. The van der Waals surface area contributed by atoms with E-state index >= 15 is 0 Å². The normalized spacial score (nSPS) is 17.9. The van der Waals surface area contributed by atoms with Crippen molar-refractivity contribution in [3.63, 3.8) is 0 Å². The summed E-state index contributed by atoms with van der Waals surface area (Å²) in [5, 5.41) is 13.5. The van der Waals surface area contributed by atoms with Crippen LogP contribution in [0, 0.1) is 5.41 Å². The fourth-order valence-electron chi connectivity index (χ4n) is 1.29. The molecule has 0 saturated heterocycles. The molecular formula is C10H17N3O4. The summed E-state index contributed by atoms with van der Waals surface area (Å²) in [6.07, 6.45) is 1.69. The molecule has 96 valence electrons. The van der Waals surface area contributed by atoms with E-state index in [1.807, 2.05) is 6.92 Å². The van der Waals surface area contributed by atoms with Crippen molar-refractivity contribution in [1.82, 2.24) is 10.6 Å². The summed E-state index contributed by atoms with van der Waals surface area (Å²) in [6, 6.07) is -1.87. The Hall–Kier alpha value is -1.79. The van der Waals surface area contributed by atoms with E-state index in [2.05, 4.69) is 10.6 Å². The van der Waals surface area contributed by atoms with Crippen LogP contribution >= 0.6 is 0 Å². The average molecular weight is 243 g/mol. The van der Waals surface area contributed by atoms with E-state index in [0.717, 1.165) is 12.8 Å². The van der Waals surface area contributed by atoms with E-state index in [1.165, 1.54) is 0 Å². The second kappa shape index (κ2) is 5.03. The van der Waals surface area contributed by atoms with Crippen LogP contribution in [0.3, 0.4) is 0 Å². The summed E-state index contributed by atoms with van der Waals surface area (Å²) < 4.78 is 0. The first-order valence-corrected chi connectivity index (χ1v) is 5.38. The predicted molar refractivity (Wildman–Crippen MR) is 59.1 cm³/mol. The molecule has 1 aliphatic carbocycles. The number of carbonyl (C=O) groups is 3. The van der Waals surface area contributed by atoms with E-state index in [-0.39, 0.29) is 5.41 Å². The van der Waals surface area contributed by atoms with Crippen molar-refractivity contribution in [2.75, 3.05) is 6.54 Å². The van der Waals surface area contributed by atoms with Crippen LogP contribution in [0.25, 0.3) is 0 Å². The lowest BCUT2D eigenvalue weighted by Gasteiger charge is -2.15. The van der Waals surface area contributed by atoms with Crippen molar-refractivity contribution in [1.29, 1.82) is 0 Å². The highest BCUT2D eigenvalue weighted by Gasteiger charge is 2.37. The lowest BCUT2D eigenvalue weighted by molar-refractivity contribution is -0.140. The minimum atomic E-state index is -1.28. The predicted octanol–water partition coefficient (Wildman–Crippen LogP) is -0.586. The third kappa shape index (κ3) is 4.71. The lowest BCUT2D eigenvalue weighted by Crippen LogP contribution is -2.48. The maximum Gasteiger partial charge on any atom is 0.326 e. The standard InChI is InChI=1S/C10H17N3O4/c1-10(2-3-10)5-12-9(17)13-6(8(15)16)4-7(11)14/h6H,2-5H2,1H3,(H2,11,14)(H,15,16)(H2,12,13,17)/t6-/m1/s1. The number of rotatable bonds is 6. The van der Waals surface area contributed by atoms with Crippen molar-refractivity contribution >= 4 is 17.9 Å². The van der Waals surface area contributed by atoms with Gasteiger partial charge in [-0.2, -0.15) is 0 Å². The molecule has 0 aromatic rings. The van der Waals surface area contributed by atoms with Crippen molar-refractivity contribution in [2.24, 2.45) is 11.1 Å². The van der Waals surface area contributed by atoms with Crippen LogP contribution in [0.15, 0.2) is 0 Å². The number of primary amides is 1. The van der Waals surface area contributed by atoms with Crippen LogP contribution in [0.1, 0.15) is 26.2 Å². The molecule has 0 radical (unpaired) electrons. The number of nitrogens with one attached hydrogen (secondary N) is 2. The average Bonchev–Trinajstić information content (AvgIpc) is 2.93. The number of urea groups is 1. The van der Waals surface area contributed by atoms with Gasteiger partial charge in [0.2, 0.25) is 5.91 Å². The molecule has 0 aromatic carbocycles. The van der Waals surface area contributed by atoms with Gasteiger partial charge >= 0.3 is 12.0 Å². The number of aliphatic carboxylic acids is 1.